The fourth-order valence-corrected chi connectivity index (χ4v) is 5.99. The van der Waals surface area contributed by atoms with Gasteiger partial charge in [0.15, 0.2) is 0 Å². The Morgan fingerprint density at radius 1 is 0.923 bits per heavy atom. The molecule has 208 valence electrons. The van der Waals surface area contributed by atoms with E-state index in [0.717, 1.165) is 19.0 Å². The van der Waals surface area contributed by atoms with Crippen LogP contribution in [0.25, 0.3) is 0 Å². The Hall–Kier alpha value is -2.92. The molecule has 7 nitrogen and oxygen atoms in total. The van der Waals surface area contributed by atoms with E-state index in [1.54, 1.807) is 42.5 Å². The molecule has 0 fully saturated rings. The molecule has 0 spiro atoms. The van der Waals surface area contributed by atoms with Crippen LogP contribution in [0.2, 0.25) is 0 Å². The summed E-state index contributed by atoms with van der Waals surface area (Å²) in [5, 5.41) is 2.99. The molecule has 0 saturated carbocycles. The summed E-state index contributed by atoms with van der Waals surface area (Å²) in [5.41, 5.74) is 1.74. The molecule has 2 amide bonds. The highest BCUT2D eigenvalue weighted by molar-refractivity contribution is 14.1. The third kappa shape index (κ3) is 8.04. The average molecular weight is 662 g/mol. The molecule has 0 unspecified atom stereocenters. The van der Waals surface area contributed by atoms with Gasteiger partial charge in [0.2, 0.25) is 11.8 Å². The predicted molar refractivity (Wildman–Crippen MR) is 164 cm³/mol. The summed E-state index contributed by atoms with van der Waals surface area (Å²) in [7, 11) is -4.08. The summed E-state index contributed by atoms with van der Waals surface area (Å²) >= 11 is 2.15. The predicted octanol–water partition coefficient (Wildman–Crippen LogP) is 5.52. The standard InChI is InChI=1S/C30H36IN3O4S/c1-6-27(29(36)32-30(3,4)5)33(20-23-13-11-10-12-22(23)2)28(35)21-34(25-18-16-24(31)17-19-25)39(37,38)26-14-8-7-9-15-26/h7-19,27H,6,20-21H2,1-5H3,(H,32,36)/t27-/m0/s1. The average Bonchev–Trinajstić information content (AvgIpc) is 2.88. The first kappa shape index (κ1) is 30.6. The number of nitrogens with one attached hydrogen (secondary N) is 1. The largest absolute Gasteiger partial charge is 0.350 e. The van der Waals surface area contributed by atoms with E-state index in [0.29, 0.717) is 12.1 Å². The summed E-state index contributed by atoms with van der Waals surface area (Å²) in [5.74, 6) is -0.745. The van der Waals surface area contributed by atoms with Crippen molar-refractivity contribution >= 4 is 50.1 Å². The normalized spacial score (nSPS) is 12.5. The second kappa shape index (κ2) is 13.0. The van der Waals surface area contributed by atoms with Gasteiger partial charge in [-0.2, -0.15) is 0 Å². The van der Waals surface area contributed by atoms with E-state index in [1.807, 2.05) is 58.9 Å². The maximum absolute atomic E-state index is 14.1. The van der Waals surface area contributed by atoms with Crippen LogP contribution in [0.1, 0.15) is 45.2 Å². The van der Waals surface area contributed by atoms with Crippen molar-refractivity contribution in [1.29, 1.82) is 0 Å². The number of sulfonamides is 1. The number of carbonyl (C=O) groups excluding carboxylic acids is 2. The quantitative estimate of drug-likeness (QED) is 0.290. The first-order valence-electron chi connectivity index (χ1n) is 12.8. The summed E-state index contributed by atoms with van der Waals surface area (Å²) in [6.45, 7) is 9.17. The molecule has 0 radical (unpaired) electrons. The lowest BCUT2D eigenvalue weighted by Crippen LogP contribution is -2.55. The SMILES string of the molecule is CC[C@@H](C(=O)NC(C)(C)C)N(Cc1ccccc1C)C(=O)CN(c1ccc(I)cc1)S(=O)(=O)c1ccccc1. The van der Waals surface area contributed by atoms with Gasteiger partial charge in [0, 0.05) is 15.7 Å². The van der Waals surface area contributed by atoms with Gasteiger partial charge in [-0.15, -0.1) is 0 Å². The number of hydrogen-bond donors (Lipinski definition) is 1. The number of anilines is 1. The van der Waals surface area contributed by atoms with Gasteiger partial charge in [-0.3, -0.25) is 13.9 Å². The molecule has 0 aromatic heterocycles. The maximum Gasteiger partial charge on any atom is 0.264 e. The molecule has 3 aromatic rings. The van der Waals surface area contributed by atoms with Crippen LogP contribution in [-0.4, -0.2) is 43.3 Å². The van der Waals surface area contributed by atoms with Crippen LogP contribution in [0, 0.1) is 10.5 Å². The second-order valence-electron chi connectivity index (χ2n) is 10.4. The van der Waals surface area contributed by atoms with Gasteiger partial charge in [0.25, 0.3) is 10.0 Å². The van der Waals surface area contributed by atoms with E-state index in [-0.39, 0.29) is 17.3 Å². The first-order valence-corrected chi connectivity index (χ1v) is 15.3. The molecule has 0 aliphatic carbocycles. The number of halogens is 1. The Morgan fingerprint density at radius 3 is 2.08 bits per heavy atom. The smallest absolute Gasteiger partial charge is 0.264 e. The summed E-state index contributed by atoms with van der Waals surface area (Å²) in [4.78, 5) is 29.1. The molecule has 1 atom stereocenters. The maximum atomic E-state index is 14.1. The zero-order valence-corrected chi connectivity index (χ0v) is 26.0. The van der Waals surface area contributed by atoms with Crippen molar-refractivity contribution in [3.63, 3.8) is 0 Å². The summed E-state index contributed by atoms with van der Waals surface area (Å²) in [6, 6.07) is 21.9. The topological polar surface area (TPSA) is 86.8 Å². The van der Waals surface area contributed by atoms with Crippen molar-refractivity contribution in [3.05, 3.63) is 93.6 Å². The van der Waals surface area contributed by atoms with Gasteiger partial charge in [-0.25, -0.2) is 8.42 Å². The van der Waals surface area contributed by atoms with E-state index < -0.39 is 34.1 Å². The molecule has 0 saturated heterocycles. The van der Waals surface area contributed by atoms with Crippen LogP contribution >= 0.6 is 22.6 Å². The molecule has 0 heterocycles. The Morgan fingerprint density at radius 2 is 1.51 bits per heavy atom. The monoisotopic (exact) mass is 661 g/mol. The number of hydrogen-bond acceptors (Lipinski definition) is 4. The fraction of sp³-hybridized carbons (Fsp3) is 0.333. The fourth-order valence-electron chi connectivity index (χ4n) is 4.20. The van der Waals surface area contributed by atoms with Gasteiger partial charge < -0.3 is 10.2 Å². The number of rotatable bonds is 10. The molecule has 9 heteroatoms. The molecular weight excluding hydrogens is 625 g/mol. The molecule has 3 aromatic carbocycles. The summed E-state index contributed by atoms with van der Waals surface area (Å²) in [6.07, 6.45) is 0.370. The minimum Gasteiger partial charge on any atom is -0.350 e. The van der Waals surface area contributed by atoms with E-state index in [2.05, 4.69) is 27.9 Å². The number of benzene rings is 3. The van der Waals surface area contributed by atoms with E-state index >= 15 is 0 Å². The third-order valence-corrected chi connectivity index (χ3v) is 8.72. The lowest BCUT2D eigenvalue weighted by atomic mass is 10.0. The van der Waals surface area contributed by atoms with Crippen LogP contribution in [0.4, 0.5) is 5.69 Å². The highest BCUT2D eigenvalue weighted by Gasteiger charge is 2.34. The van der Waals surface area contributed by atoms with Crippen LogP contribution in [-0.2, 0) is 26.2 Å². The number of aryl methyl sites for hydroxylation is 1. The van der Waals surface area contributed by atoms with Gasteiger partial charge in [0.05, 0.1) is 10.6 Å². The van der Waals surface area contributed by atoms with Crippen molar-refractivity contribution < 1.29 is 18.0 Å². The lowest BCUT2D eigenvalue weighted by molar-refractivity contribution is -0.141. The zero-order chi connectivity index (χ0) is 28.8. The number of carbonyl (C=O) groups is 2. The van der Waals surface area contributed by atoms with E-state index in [4.69, 9.17) is 0 Å². The minimum atomic E-state index is -4.08. The molecule has 0 bridgehead atoms. The van der Waals surface area contributed by atoms with Crippen molar-refractivity contribution in [3.8, 4) is 0 Å². The van der Waals surface area contributed by atoms with Gasteiger partial charge >= 0.3 is 0 Å². The van der Waals surface area contributed by atoms with Gasteiger partial charge in [0.1, 0.15) is 12.6 Å². The number of amides is 2. The van der Waals surface area contributed by atoms with Crippen molar-refractivity contribution in [2.24, 2.45) is 0 Å². The second-order valence-corrected chi connectivity index (χ2v) is 13.5. The molecule has 0 aliphatic rings. The minimum absolute atomic E-state index is 0.0827. The molecular formula is C30H36IN3O4S. The highest BCUT2D eigenvalue weighted by atomic mass is 127. The Kier molecular flexibility index (Phi) is 10.2. The lowest BCUT2D eigenvalue weighted by Gasteiger charge is -2.35. The third-order valence-electron chi connectivity index (χ3n) is 6.21. The zero-order valence-electron chi connectivity index (χ0n) is 23.0. The van der Waals surface area contributed by atoms with Crippen LogP contribution in [0.5, 0.6) is 0 Å². The van der Waals surface area contributed by atoms with Crippen molar-refractivity contribution in [2.45, 2.75) is 64.1 Å². The summed E-state index contributed by atoms with van der Waals surface area (Å²) < 4.78 is 29.7. The number of nitrogens with zero attached hydrogens (tertiary/aromatic N) is 2. The molecule has 39 heavy (non-hydrogen) atoms. The first-order chi connectivity index (χ1) is 18.3. The van der Waals surface area contributed by atoms with Gasteiger partial charge in [-0.05, 0) is 104 Å². The molecule has 1 N–H and O–H groups in total. The Bertz CT molecular complexity index is 1390. The van der Waals surface area contributed by atoms with E-state index in [9.17, 15) is 18.0 Å². The van der Waals surface area contributed by atoms with Crippen molar-refractivity contribution in [2.75, 3.05) is 10.8 Å². The van der Waals surface area contributed by atoms with Crippen molar-refractivity contribution in [1.82, 2.24) is 10.2 Å². The molecule has 0 aliphatic heterocycles. The Labute approximate surface area is 245 Å². The Balaban J connectivity index is 2.07. The van der Waals surface area contributed by atoms with Crippen LogP contribution in [0.15, 0.2) is 83.8 Å². The van der Waals surface area contributed by atoms with Crippen LogP contribution in [0.3, 0.4) is 0 Å². The van der Waals surface area contributed by atoms with Crippen LogP contribution < -0.4 is 9.62 Å². The molecule has 3 rings (SSSR count). The van der Waals surface area contributed by atoms with E-state index in [1.165, 1.54) is 17.0 Å². The highest BCUT2D eigenvalue weighted by Crippen LogP contribution is 2.26. The van der Waals surface area contributed by atoms with Gasteiger partial charge in [-0.1, -0.05) is 49.4 Å².